The zero-order chi connectivity index (χ0) is 15.9. The first-order valence-corrected chi connectivity index (χ1v) is 7.42. The van der Waals surface area contributed by atoms with E-state index in [2.05, 4.69) is 5.32 Å². The minimum Gasteiger partial charge on any atom is -0.313 e. The molecule has 1 aliphatic rings. The highest BCUT2D eigenvalue weighted by Gasteiger charge is 2.36. The summed E-state index contributed by atoms with van der Waals surface area (Å²) in [5.74, 6) is -0.0491. The number of nitrogens with one attached hydrogen (secondary N) is 1. The molecule has 0 heterocycles. The average Bonchev–Trinajstić information content (AvgIpc) is 2.85. The van der Waals surface area contributed by atoms with Crippen molar-refractivity contribution < 1.29 is 13.2 Å². The van der Waals surface area contributed by atoms with Crippen molar-refractivity contribution in [3.63, 3.8) is 0 Å². The fourth-order valence-electron chi connectivity index (χ4n) is 3.20. The molecule has 22 heavy (non-hydrogen) atoms. The molecule has 1 nitrogen and oxygen atoms in total. The summed E-state index contributed by atoms with van der Waals surface area (Å²) >= 11 is 5.71. The Balaban J connectivity index is 2.06. The Morgan fingerprint density at radius 1 is 1.09 bits per heavy atom. The normalized spacial score (nSPS) is 21.0. The number of alkyl halides is 3. The van der Waals surface area contributed by atoms with E-state index in [0.29, 0.717) is 5.56 Å². The molecule has 2 aromatic rings. The van der Waals surface area contributed by atoms with Crippen LogP contribution in [0, 0.1) is 0 Å². The van der Waals surface area contributed by atoms with Crippen molar-refractivity contribution in [2.45, 2.75) is 24.6 Å². The summed E-state index contributed by atoms with van der Waals surface area (Å²) < 4.78 is 39.2. The molecule has 0 amide bonds. The molecule has 0 saturated carbocycles. The van der Waals surface area contributed by atoms with Gasteiger partial charge in [-0.05, 0) is 42.3 Å². The first-order chi connectivity index (χ1) is 10.4. The number of halogens is 4. The highest BCUT2D eigenvalue weighted by atomic mass is 35.5. The standard InChI is InChI=1S/C17H15ClF3N/c1-22-16-9-13(11-4-2-3-5-12(11)16)10-6-7-15(18)14(8-10)17(19,20)21/h2-8,13,16,22H,9H2,1H3/t13-,16+/m0/s1. The van der Waals surface area contributed by atoms with Gasteiger partial charge in [0.05, 0.1) is 10.6 Å². The van der Waals surface area contributed by atoms with E-state index in [-0.39, 0.29) is 17.0 Å². The number of fused-ring (bicyclic) bond motifs is 1. The zero-order valence-electron chi connectivity index (χ0n) is 11.9. The third-order valence-corrected chi connectivity index (χ3v) is 4.59. The zero-order valence-corrected chi connectivity index (χ0v) is 12.7. The fraction of sp³-hybridized carbons (Fsp3) is 0.294. The Labute approximate surface area is 132 Å². The summed E-state index contributed by atoms with van der Waals surface area (Å²) in [5.41, 5.74) is 2.12. The summed E-state index contributed by atoms with van der Waals surface area (Å²) in [4.78, 5) is 0. The molecule has 5 heteroatoms. The van der Waals surface area contributed by atoms with Gasteiger partial charge in [-0.25, -0.2) is 0 Å². The van der Waals surface area contributed by atoms with Crippen molar-refractivity contribution in [1.82, 2.24) is 5.32 Å². The smallest absolute Gasteiger partial charge is 0.313 e. The van der Waals surface area contributed by atoms with Crippen LogP contribution in [-0.4, -0.2) is 7.05 Å². The van der Waals surface area contributed by atoms with Crippen LogP contribution in [0.5, 0.6) is 0 Å². The van der Waals surface area contributed by atoms with Crippen LogP contribution in [0.2, 0.25) is 5.02 Å². The Hall–Kier alpha value is -1.52. The third kappa shape index (κ3) is 2.61. The van der Waals surface area contributed by atoms with E-state index in [1.807, 2.05) is 31.3 Å². The van der Waals surface area contributed by atoms with Gasteiger partial charge in [-0.1, -0.05) is 41.9 Å². The Morgan fingerprint density at radius 2 is 1.77 bits per heavy atom. The van der Waals surface area contributed by atoms with Gasteiger partial charge < -0.3 is 5.32 Å². The maximum atomic E-state index is 13.1. The maximum Gasteiger partial charge on any atom is 0.417 e. The molecule has 2 aromatic carbocycles. The molecule has 0 aliphatic heterocycles. The van der Waals surface area contributed by atoms with Crippen LogP contribution in [0.3, 0.4) is 0 Å². The Bertz CT molecular complexity index is 697. The van der Waals surface area contributed by atoms with Crippen LogP contribution in [-0.2, 0) is 6.18 Å². The molecule has 1 N–H and O–H groups in total. The predicted octanol–water partition coefficient (Wildman–Crippen LogP) is 5.15. The van der Waals surface area contributed by atoms with E-state index in [4.69, 9.17) is 11.6 Å². The number of hydrogen-bond donors (Lipinski definition) is 1. The van der Waals surface area contributed by atoms with Crippen molar-refractivity contribution >= 4 is 11.6 Å². The molecule has 0 unspecified atom stereocenters. The van der Waals surface area contributed by atoms with Crippen LogP contribution >= 0.6 is 11.6 Å². The van der Waals surface area contributed by atoms with Crippen molar-refractivity contribution in [2.24, 2.45) is 0 Å². The van der Waals surface area contributed by atoms with Gasteiger partial charge in [0.1, 0.15) is 0 Å². The van der Waals surface area contributed by atoms with E-state index in [0.717, 1.165) is 17.5 Å². The highest BCUT2D eigenvalue weighted by molar-refractivity contribution is 6.31. The summed E-state index contributed by atoms with van der Waals surface area (Å²) in [5, 5.41) is 2.97. The van der Waals surface area contributed by atoms with Crippen molar-refractivity contribution in [3.05, 3.63) is 69.7 Å². The van der Waals surface area contributed by atoms with Gasteiger partial charge in [0.2, 0.25) is 0 Å². The molecule has 1 aliphatic carbocycles. The van der Waals surface area contributed by atoms with Crippen molar-refractivity contribution in [2.75, 3.05) is 7.05 Å². The molecule has 0 aromatic heterocycles. The lowest BCUT2D eigenvalue weighted by Gasteiger charge is -2.16. The minimum atomic E-state index is -4.44. The van der Waals surface area contributed by atoms with Gasteiger partial charge in [-0.2, -0.15) is 13.2 Å². The Kier molecular flexibility index (Phi) is 3.91. The van der Waals surface area contributed by atoms with E-state index < -0.39 is 11.7 Å². The van der Waals surface area contributed by atoms with Gasteiger partial charge in [0.25, 0.3) is 0 Å². The van der Waals surface area contributed by atoms with E-state index in [9.17, 15) is 13.2 Å². The topological polar surface area (TPSA) is 12.0 Å². The molecular weight excluding hydrogens is 311 g/mol. The SMILES string of the molecule is CN[C@@H]1C[C@@H](c2ccc(Cl)c(C(F)(F)F)c2)c2ccccc21. The summed E-state index contributed by atoms with van der Waals surface area (Å²) in [6, 6.07) is 12.3. The maximum absolute atomic E-state index is 13.1. The van der Waals surface area contributed by atoms with Crippen LogP contribution < -0.4 is 5.32 Å². The van der Waals surface area contributed by atoms with Gasteiger partial charge >= 0.3 is 6.18 Å². The van der Waals surface area contributed by atoms with Crippen LogP contribution in [0.25, 0.3) is 0 Å². The van der Waals surface area contributed by atoms with E-state index >= 15 is 0 Å². The van der Waals surface area contributed by atoms with Gasteiger partial charge in [-0.15, -0.1) is 0 Å². The predicted molar refractivity (Wildman–Crippen MR) is 81.2 cm³/mol. The van der Waals surface area contributed by atoms with Gasteiger partial charge in [0, 0.05) is 12.0 Å². The summed E-state index contributed by atoms with van der Waals surface area (Å²) in [6.45, 7) is 0. The molecule has 0 radical (unpaired) electrons. The lowest BCUT2D eigenvalue weighted by atomic mass is 9.91. The second kappa shape index (κ2) is 5.60. The van der Waals surface area contributed by atoms with Crippen molar-refractivity contribution in [1.29, 1.82) is 0 Å². The molecule has 3 rings (SSSR count). The number of benzene rings is 2. The second-order valence-electron chi connectivity index (χ2n) is 5.50. The van der Waals surface area contributed by atoms with Gasteiger partial charge in [-0.3, -0.25) is 0 Å². The summed E-state index contributed by atoms with van der Waals surface area (Å²) in [6.07, 6.45) is -3.69. The van der Waals surface area contributed by atoms with E-state index in [1.54, 1.807) is 6.07 Å². The number of hydrogen-bond acceptors (Lipinski definition) is 1. The molecule has 2 atom stereocenters. The fourth-order valence-corrected chi connectivity index (χ4v) is 3.43. The third-order valence-electron chi connectivity index (χ3n) is 4.26. The Morgan fingerprint density at radius 3 is 2.41 bits per heavy atom. The highest BCUT2D eigenvalue weighted by Crippen LogP contribution is 2.45. The van der Waals surface area contributed by atoms with Crippen LogP contribution in [0.15, 0.2) is 42.5 Å². The van der Waals surface area contributed by atoms with Crippen molar-refractivity contribution in [3.8, 4) is 0 Å². The minimum absolute atomic E-state index is 0.0491. The van der Waals surface area contributed by atoms with Crippen LogP contribution in [0.1, 0.15) is 40.6 Å². The summed E-state index contributed by atoms with van der Waals surface area (Å²) in [7, 11) is 1.87. The largest absolute Gasteiger partial charge is 0.417 e. The number of rotatable bonds is 2. The average molecular weight is 326 g/mol. The lowest BCUT2D eigenvalue weighted by molar-refractivity contribution is -0.137. The second-order valence-corrected chi connectivity index (χ2v) is 5.90. The first kappa shape index (κ1) is 15.4. The molecule has 0 spiro atoms. The molecule has 116 valence electrons. The van der Waals surface area contributed by atoms with Gasteiger partial charge in [0.15, 0.2) is 0 Å². The van der Waals surface area contributed by atoms with E-state index in [1.165, 1.54) is 12.1 Å². The quantitative estimate of drug-likeness (QED) is 0.804. The monoisotopic (exact) mass is 325 g/mol. The lowest BCUT2D eigenvalue weighted by Crippen LogP contribution is -2.13. The first-order valence-electron chi connectivity index (χ1n) is 7.04. The molecule has 0 saturated heterocycles. The van der Waals surface area contributed by atoms with Crippen LogP contribution in [0.4, 0.5) is 13.2 Å². The molecular formula is C17H15ClF3N. The molecule has 0 bridgehead atoms. The molecule has 0 fully saturated rings.